The van der Waals surface area contributed by atoms with Crippen molar-refractivity contribution in [1.29, 1.82) is 0 Å². The van der Waals surface area contributed by atoms with E-state index < -0.39 is 0 Å². The third kappa shape index (κ3) is 2.90. The van der Waals surface area contributed by atoms with E-state index in [1.807, 2.05) is 50.3 Å². The van der Waals surface area contributed by atoms with Crippen molar-refractivity contribution in [2.75, 3.05) is 36.7 Å². The third-order valence-electron chi connectivity index (χ3n) is 2.75. The van der Waals surface area contributed by atoms with Crippen molar-refractivity contribution in [3.8, 4) is 0 Å². The van der Waals surface area contributed by atoms with Crippen molar-refractivity contribution in [3.05, 3.63) is 29.8 Å². The zero-order valence-electron chi connectivity index (χ0n) is 11.6. The average Bonchev–Trinajstić information content (AvgIpc) is 2.38. The summed E-state index contributed by atoms with van der Waals surface area (Å²) >= 11 is 0. The number of benzene rings is 1. The molecule has 0 aliphatic rings. The van der Waals surface area contributed by atoms with E-state index >= 15 is 0 Å². The van der Waals surface area contributed by atoms with Crippen LogP contribution in [0.5, 0.6) is 0 Å². The van der Waals surface area contributed by atoms with Gasteiger partial charge in [-0.25, -0.2) is 0 Å². The summed E-state index contributed by atoms with van der Waals surface area (Å²) in [5, 5.41) is 0. The van der Waals surface area contributed by atoms with Gasteiger partial charge in [0.2, 0.25) is 17.8 Å². The third-order valence-corrected chi connectivity index (χ3v) is 2.75. The Morgan fingerprint density at radius 1 is 0.895 bits per heavy atom. The van der Waals surface area contributed by atoms with Gasteiger partial charge in [0.05, 0.1) is 0 Å². The van der Waals surface area contributed by atoms with Gasteiger partial charge in [-0.15, -0.1) is 0 Å². The minimum absolute atomic E-state index is 0.215. The molecule has 1 aromatic carbocycles. The lowest BCUT2D eigenvalue weighted by Crippen LogP contribution is -2.19. The minimum Gasteiger partial charge on any atom is -0.368 e. The molecular weight excluding hydrogens is 240 g/mol. The number of hydrogen-bond donors (Lipinski definition) is 1. The van der Waals surface area contributed by atoms with Crippen molar-refractivity contribution >= 4 is 23.5 Å². The van der Waals surface area contributed by atoms with Gasteiger partial charge in [0.1, 0.15) is 0 Å². The average molecular weight is 258 g/mol. The summed E-state index contributed by atoms with van der Waals surface area (Å²) in [5.41, 5.74) is 7.93. The number of aryl methyl sites for hydroxylation is 1. The van der Waals surface area contributed by atoms with Crippen LogP contribution in [0.4, 0.5) is 23.5 Å². The van der Waals surface area contributed by atoms with Gasteiger partial charge in [0, 0.05) is 26.8 Å². The SMILES string of the molecule is Cc1ccc(N(C)c2nc(N)nc(N(C)C)n2)cc1. The summed E-state index contributed by atoms with van der Waals surface area (Å²) in [7, 11) is 5.63. The molecule has 0 aliphatic heterocycles. The maximum absolute atomic E-state index is 5.72. The van der Waals surface area contributed by atoms with Crippen molar-refractivity contribution < 1.29 is 0 Å². The van der Waals surface area contributed by atoms with Gasteiger partial charge < -0.3 is 15.5 Å². The van der Waals surface area contributed by atoms with E-state index in [4.69, 9.17) is 5.73 Å². The normalized spacial score (nSPS) is 10.3. The highest BCUT2D eigenvalue weighted by Gasteiger charge is 2.11. The van der Waals surface area contributed by atoms with E-state index in [1.54, 1.807) is 4.90 Å². The summed E-state index contributed by atoms with van der Waals surface area (Å²) in [6.45, 7) is 2.05. The van der Waals surface area contributed by atoms with Crippen LogP contribution in [-0.4, -0.2) is 36.1 Å². The Kier molecular flexibility index (Phi) is 3.50. The maximum atomic E-state index is 5.72. The summed E-state index contributed by atoms with van der Waals surface area (Å²) in [6.07, 6.45) is 0. The fourth-order valence-corrected chi connectivity index (χ4v) is 1.60. The predicted molar refractivity (Wildman–Crippen MR) is 77.8 cm³/mol. The Labute approximate surface area is 112 Å². The van der Waals surface area contributed by atoms with Crippen LogP contribution in [0.3, 0.4) is 0 Å². The summed E-state index contributed by atoms with van der Waals surface area (Å²) in [5.74, 6) is 1.29. The molecule has 0 atom stereocenters. The van der Waals surface area contributed by atoms with Crippen molar-refractivity contribution in [2.24, 2.45) is 0 Å². The number of nitrogens with zero attached hydrogens (tertiary/aromatic N) is 5. The zero-order valence-corrected chi connectivity index (χ0v) is 11.6. The predicted octanol–water partition coefficient (Wildman–Crippen LogP) is 1.60. The Bertz CT molecular complexity index is 564. The lowest BCUT2D eigenvalue weighted by atomic mass is 10.2. The summed E-state index contributed by atoms with van der Waals surface area (Å²) in [6, 6.07) is 8.13. The molecule has 0 spiro atoms. The topological polar surface area (TPSA) is 71.2 Å². The van der Waals surface area contributed by atoms with Crippen LogP contribution in [-0.2, 0) is 0 Å². The Balaban J connectivity index is 2.38. The monoisotopic (exact) mass is 258 g/mol. The first-order valence-corrected chi connectivity index (χ1v) is 5.96. The fourth-order valence-electron chi connectivity index (χ4n) is 1.60. The standard InChI is InChI=1S/C13H18N6/c1-9-5-7-10(8-6-9)19(4)13-16-11(14)15-12(17-13)18(2)3/h5-8H,1-4H3,(H2,14,15,16,17). The zero-order chi connectivity index (χ0) is 14.0. The molecule has 1 aromatic heterocycles. The molecular formula is C13H18N6. The Morgan fingerprint density at radius 3 is 2.05 bits per heavy atom. The second-order valence-electron chi connectivity index (χ2n) is 4.58. The van der Waals surface area contributed by atoms with Crippen LogP contribution in [0.25, 0.3) is 0 Å². The van der Waals surface area contributed by atoms with Gasteiger partial charge in [-0.3, -0.25) is 0 Å². The highest BCUT2D eigenvalue weighted by atomic mass is 15.3. The van der Waals surface area contributed by atoms with Gasteiger partial charge in [0.25, 0.3) is 0 Å². The summed E-state index contributed by atoms with van der Waals surface area (Å²) in [4.78, 5) is 16.3. The van der Waals surface area contributed by atoms with Gasteiger partial charge in [-0.05, 0) is 19.1 Å². The van der Waals surface area contributed by atoms with E-state index in [9.17, 15) is 0 Å². The molecule has 1 heterocycles. The van der Waals surface area contributed by atoms with Crippen LogP contribution >= 0.6 is 0 Å². The quantitative estimate of drug-likeness (QED) is 0.901. The second kappa shape index (κ2) is 5.09. The molecule has 6 nitrogen and oxygen atoms in total. The van der Waals surface area contributed by atoms with E-state index in [0.717, 1.165) is 5.69 Å². The number of aromatic nitrogens is 3. The van der Waals surface area contributed by atoms with E-state index in [-0.39, 0.29) is 5.95 Å². The number of hydrogen-bond acceptors (Lipinski definition) is 6. The second-order valence-corrected chi connectivity index (χ2v) is 4.58. The van der Waals surface area contributed by atoms with Crippen LogP contribution in [0, 0.1) is 6.92 Å². The molecule has 6 heteroatoms. The van der Waals surface area contributed by atoms with Gasteiger partial charge in [-0.1, -0.05) is 17.7 Å². The Morgan fingerprint density at radius 2 is 1.47 bits per heavy atom. The minimum atomic E-state index is 0.215. The molecule has 0 saturated carbocycles. The molecule has 2 aromatic rings. The van der Waals surface area contributed by atoms with Crippen LogP contribution in [0.1, 0.15) is 5.56 Å². The molecule has 0 bridgehead atoms. The Hall–Kier alpha value is -2.37. The molecule has 0 aliphatic carbocycles. The largest absolute Gasteiger partial charge is 0.368 e. The molecule has 0 fully saturated rings. The lowest BCUT2D eigenvalue weighted by molar-refractivity contribution is 0.939. The van der Waals surface area contributed by atoms with Crippen molar-refractivity contribution in [3.63, 3.8) is 0 Å². The van der Waals surface area contributed by atoms with Gasteiger partial charge in [-0.2, -0.15) is 15.0 Å². The van der Waals surface area contributed by atoms with E-state index in [2.05, 4.69) is 21.9 Å². The first kappa shape index (κ1) is 13.1. The van der Waals surface area contributed by atoms with Crippen LogP contribution in [0.2, 0.25) is 0 Å². The molecule has 0 radical (unpaired) electrons. The summed E-state index contributed by atoms with van der Waals surface area (Å²) < 4.78 is 0. The van der Waals surface area contributed by atoms with Crippen molar-refractivity contribution in [1.82, 2.24) is 15.0 Å². The smallest absolute Gasteiger partial charge is 0.236 e. The fraction of sp³-hybridized carbons (Fsp3) is 0.308. The molecule has 2 N–H and O–H groups in total. The number of nitrogen functional groups attached to an aromatic ring is 1. The molecule has 0 saturated heterocycles. The molecule has 0 unspecified atom stereocenters. The molecule has 100 valence electrons. The first-order chi connectivity index (χ1) is 8.97. The number of anilines is 4. The molecule has 19 heavy (non-hydrogen) atoms. The number of nitrogens with two attached hydrogens (primary N) is 1. The van der Waals surface area contributed by atoms with E-state index in [1.165, 1.54) is 5.56 Å². The van der Waals surface area contributed by atoms with Crippen LogP contribution < -0.4 is 15.5 Å². The van der Waals surface area contributed by atoms with E-state index in [0.29, 0.717) is 11.9 Å². The first-order valence-electron chi connectivity index (χ1n) is 5.96. The molecule has 2 rings (SSSR count). The van der Waals surface area contributed by atoms with Crippen LogP contribution in [0.15, 0.2) is 24.3 Å². The maximum Gasteiger partial charge on any atom is 0.236 e. The highest BCUT2D eigenvalue weighted by Crippen LogP contribution is 2.22. The highest BCUT2D eigenvalue weighted by molar-refractivity contribution is 5.58. The molecule has 0 amide bonds. The number of rotatable bonds is 3. The van der Waals surface area contributed by atoms with Gasteiger partial charge >= 0.3 is 0 Å². The lowest BCUT2D eigenvalue weighted by Gasteiger charge is -2.19. The van der Waals surface area contributed by atoms with Crippen molar-refractivity contribution in [2.45, 2.75) is 6.92 Å². The van der Waals surface area contributed by atoms with Gasteiger partial charge in [0.15, 0.2) is 0 Å².